The zero-order valence-electron chi connectivity index (χ0n) is 12.0. The molecule has 1 aromatic heterocycles. The number of nitrogens with zero attached hydrogens (tertiary/aromatic N) is 2. The SMILES string of the molecule is COc1ccc2c(c1)nc(CCl)n2CCCNS(C)(=O)=O. The average molecular weight is 332 g/mol. The van der Waals surface area contributed by atoms with Gasteiger partial charge >= 0.3 is 0 Å². The van der Waals surface area contributed by atoms with Crippen LogP contribution in [0.2, 0.25) is 0 Å². The second-order valence-corrected chi connectivity index (χ2v) is 6.79. The number of hydrogen-bond acceptors (Lipinski definition) is 4. The number of sulfonamides is 1. The third-order valence-electron chi connectivity index (χ3n) is 3.08. The molecule has 0 atom stereocenters. The summed E-state index contributed by atoms with van der Waals surface area (Å²) >= 11 is 5.94. The van der Waals surface area contributed by atoms with Crippen LogP contribution < -0.4 is 9.46 Å². The number of fused-ring (bicyclic) bond motifs is 1. The Morgan fingerprint density at radius 3 is 2.81 bits per heavy atom. The second-order valence-electron chi connectivity index (χ2n) is 4.69. The highest BCUT2D eigenvalue weighted by atomic mass is 35.5. The lowest BCUT2D eigenvalue weighted by atomic mass is 10.3. The zero-order valence-corrected chi connectivity index (χ0v) is 13.5. The van der Waals surface area contributed by atoms with E-state index < -0.39 is 10.0 Å². The summed E-state index contributed by atoms with van der Waals surface area (Å²) in [5.41, 5.74) is 1.78. The number of aryl methyl sites for hydroxylation is 1. The van der Waals surface area contributed by atoms with E-state index in [1.807, 2.05) is 22.8 Å². The molecule has 1 N–H and O–H groups in total. The first-order valence-electron chi connectivity index (χ1n) is 6.48. The quantitative estimate of drug-likeness (QED) is 0.619. The Labute approximate surface area is 129 Å². The maximum Gasteiger partial charge on any atom is 0.208 e. The zero-order chi connectivity index (χ0) is 15.5. The predicted octanol–water partition coefficient (Wildman–Crippen LogP) is 1.72. The van der Waals surface area contributed by atoms with Gasteiger partial charge in [0.1, 0.15) is 11.6 Å². The summed E-state index contributed by atoms with van der Waals surface area (Å²) in [6, 6.07) is 5.66. The van der Waals surface area contributed by atoms with Crippen molar-refractivity contribution >= 4 is 32.7 Å². The van der Waals surface area contributed by atoms with Crippen molar-refractivity contribution in [1.29, 1.82) is 0 Å². The van der Waals surface area contributed by atoms with E-state index in [-0.39, 0.29) is 0 Å². The lowest BCUT2D eigenvalue weighted by Gasteiger charge is -2.08. The number of imidazole rings is 1. The van der Waals surface area contributed by atoms with Crippen molar-refractivity contribution in [1.82, 2.24) is 14.3 Å². The van der Waals surface area contributed by atoms with Gasteiger partial charge in [0.25, 0.3) is 0 Å². The molecule has 0 fully saturated rings. The molecule has 0 aliphatic carbocycles. The summed E-state index contributed by atoms with van der Waals surface area (Å²) in [4.78, 5) is 4.48. The molecule has 0 spiro atoms. The molecule has 2 aromatic rings. The van der Waals surface area contributed by atoms with Gasteiger partial charge in [0.15, 0.2) is 0 Å². The van der Waals surface area contributed by atoms with Crippen LogP contribution in [-0.4, -0.2) is 37.9 Å². The number of rotatable bonds is 7. The number of alkyl halides is 1. The summed E-state index contributed by atoms with van der Waals surface area (Å²) in [6.07, 6.45) is 1.81. The Morgan fingerprint density at radius 1 is 1.43 bits per heavy atom. The van der Waals surface area contributed by atoms with Crippen molar-refractivity contribution in [2.24, 2.45) is 0 Å². The van der Waals surface area contributed by atoms with Gasteiger partial charge in [-0.15, -0.1) is 11.6 Å². The molecular formula is C13H18ClN3O3S. The molecule has 0 radical (unpaired) electrons. The van der Waals surface area contributed by atoms with Crippen LogP contribution in [-0.2, 0) is 22.4 Å². The third-order valence-corrected chi connectivity index (χ3v) is 4.04. The minimum Gasteiger partial charge on any atom is -0.497 e. The maximum atomic E-state index is 11.0. The summed E-state index contributed by atoms with van der Waals surface area (Å²) in [5.74, 6) is 1.81. The van der Waals surface area contributed by atoms with Gasteiger partial charge < -0.3 is 9.30 Å². The lowest BCUT2D eigenvalue weighted by Crippen LogP contribution is -2.24. The van der Waals surface area contributed by atoms with Crippen molar-refractivity contribution in [2.75, 3.05) is 19.9 Å². The first kappa shape index (κ1) is 16.1. The topological polar surface area (TPSA) is 73.2 Å². The summed E-state index contributed by atoms with van der Waals surface area (Å²) in [5, 5.41) is 0. The Morgan fingerprint density at radius 2 is 2.19 bits per heavy atom. The Kier molecular flexibility index (Phi) is 5.08. The molecule has 2 rings (SSSR count). The van der Waals surface area contributed by atoms with Crippen LogP contribution in [0.5, 0.6) is 5.75 Å². The molecular weight excluding hydrogens is 314 g/mol. The first-order valence-corrected chi connectivity index (χ1v) is 8.91. The molecule has 0 saturated heterocycles. The van der Waals surface area contributed by atoms with Crippen LogP contribution >= 0.6 is 11.6 Å². The predicted molar refractivity (Wildman–Crippen MR) is 83.3 cm³/mol. The molecule has 1 heterocycles. The van der Waals surface area contributed by atoms with Gasteiger partial charge in [-0.2, -0.15) is 0 Å². The van der Waals surface area contributed by atoms with Crippen molar-refractivity contribution in [2.45, 2.75) is 18.8 Å². The Hall–Kier alpha value is -1.31. The van der Waals surface area contributed by atoms with Crippen LogP contribution in [0.15, 0.2) is 18.2 Å². The number of methoxy groups -OCH3 is 1. The fraction of sp³-hybridized carbons (Fsp3) is 0.462. The number of nitrogens with one attached hydrogen (secondary N) is 1. The van der Waals surface area contributed by atoms with Gasteiger partial charge in [-0.05, 0) is 18.6 Å². The number of ether oxygens (including phenoxy) is 1. The van der Waals surface area contributed by atoms with Crippen LogP contribution in [0.4, 0.5) is 0 Å². The monoisotopic (exact) mass is 331 g/mol. The van der Waals surface area contributed by atoms with E-state index in [1.165, 1.54) is 0 Å². The van der Waals surface area contributed by atoms with Crippen LogP contribution in [0.25, 0.3) is 11.0 Å². The third kappa shape index (κ3) is 4.09. The van der Waals surface area contributed by atoms with E-state index in [9.17, 15) is 8.42 Å². The van der Waals surface area contributed by atoms with E-state index in [0.29, 0.717) is 25.4 Å². The molecule has 0 amide bonds. The maximum absolute atomic E-state index is 11.0. The van der Waals surface area contributed by atoms with Gasteiger partial charge in [-0.3, -0.25) is 0 Å². The largest absolute Gasteiger partial charge is 0.497 e. The van der Waals surface area contributed by atoms with Crippen molar-refractivity contribution in [3.8, 4) is 5.75 Å². The smallest absolute Gasteiger partial charge is 0.208 e. The van der Waals surface area contributed by atoms with E-state index in [0.717, 1.165) is 28.9 Å². The van der Waals surface area contributed by atoms with Crippen molar-refractivity contribution in [3.63, 3.8) is 0 Å². The number of aromatic nitrogens is 2. The van der Waals surface area contributed by atoms with E-state index in [2.05, 4.69) is 9.71 Å². The van der Waals surface area contributed by atoms with Crippen molar-refractivity contribution < 1.29 is 13.2 Å². The second kappa shape index (κ2) is 6.64. The fourth-order valence-corrected chi connectivity index (χ4v) is 2.85. The fourth-order valence-electron chi connectivity index (χ4n) is 2.13. The van der Waals surface area contributed by atoms with E-state index in [1.54, 1.807) is 7.11 Å². The minimum absolute atomic E-state index is 0.302. The van der Waals surface area contributed by atoms with Gasteiger partial charge in [0, 0.05) is 19.2 Å². The van der Waals surface area contributed by atoms with Gasteiger partial charge in [0.2, 0.25) is 10.0 Å². The van der Waals surface area contributed by atoms with Gasteiger partial charge in [0.05, 0.1) is 30.3 Å². The molecule has 0 aliphatic heterocycles. The van der Waals surface area contributed by atoms with Crippen LogP contribution in [0, 0.1) is 0 Å². The summed E-state index contributed by atoms with van der Waals surface area (Å²) in [6.45, 7) is 1.03. The number of hydrogen-bond donors (Lipinski definition) is 1. The van der Waals surface area contributed by atoms with E-state index >= 15 is 0 Å². The molecule has 1 aromatic carbocycles. The minimum atomic E-state index is -3.15. The molecule has 8 heteroatoms. The molecule has 0 aliphatic rings. The van der Waals surface area contributed by atoms with Gasteiger partial charge in [-0.1, -0.05) is 0 Å². The normalized spacial score (nSPS) is 12.0. The van der Waals surface area contributed by atoms with Crippen LogP contribution in [0.1, 0.15) is 12.2 Å². The summed E-state index contributed by atoms with van der Waals surface area (Å²) < 4.78 is 31.7. The van der Waals surface area contributed by atoms with Gasteiger partial charge in [-0.25, -0.2) is 18.1 Å². The first-order chi connectivity index (χ1) is 9.94. The van der Waals surface area contributed by atoms with E-state index in [4.69, 9.17) is 16.3 Å². The molecule has 116 valence electrons. The lowest BCUT2D eigenvalue weighted by molar-refractivity contribution is 0.415. The molecule has 0 saturated carbocycles. The molecule has 21 heavy (non-hydrogen) atoms. The highest BCUT2D eigenvalue weighted by molar-refractivity contribution is 7.88. The van der Waals surface area contributed by atoms with Crippen molar-refractivity contribution in [3.05, 3.63) is 24.0 Å². The highest BCUT2D eigenvalue weighted by Gasteiger charge is 2.11. The average Bonchev–Trinajstić information content (AvgIpc) is 2.79. The Balaban J connectivity index is 2.17. The molecule has 0 unspecified atom stereocenters. The number of halogens is 1. The standard InChI is InChI=1S/C13H18ClN3O3S/c1-20-10-4-5-12-11(8-10)16-13(9-14)17(12)7-3-6-15-21(2,18)19/h4-5,8,15H,3,6-7,9H2,1-2H3. The van der Waals surface area contributed by atoms with Crippen LogP contribution in [0.3, 0.4) is 0 Å². The molecule has 6 nitrogen and oxygen atoms in total. The highest BCUT2D eigenvalue weighted by Crippen LogP contribution is 2.22. The molecule has 0 bridgehead atoms. The number of benzene rings is 1. The summed E-state index contributed by atoms with van der Waals surface area (Å²) in [7, 11) is -1.54. The Bertz CT molecular complexity index is 728.